The number of thioether (sulfide) groups is 1. The Bertz CT molecular complexity index is 795. The van der Waals surface area contributed by atoms with Gasteiger partial charge in [0.05, 0.1) is 6.54 Å². The van der Waals surface area contributed by atoms with Gasteiger partial charge in [0.25, 0.3) is 0 Å². The number of hydrogen-bond donors (Lipinski definition) is 1. The third-order valence-electron chi connectivity index (χ3n) is 5.11. The molecular weight excluding hydrogens is 390 g/mol. The summed E-state index contributed by atoms with van der Waals surface area (Å²) in [6.07, 6.45) is 0. The van der Waals surface area contributed by atoms with Crippen molar-refractivity contribution in [1.82, 2.24) is 9.80 Å². The average molecular weight is 418 g/mol. The van der Waals surface area contributed by atoms with E-state index in [0.29, 0.717) is 11.6 Å². The van der Waals surface area contributed by atoms with Crippen LogP contribution in [-0.4, -0.2) is 53.9 Å². The summed E-state index contributed by atoms with van der Waals surface area (Å²) in [6.45, 7) is 5.61. The molecule has 0 aliphatic carbocycles. The van der Waals surface area contributed by atoms with Gasteiger partial charge < -0.3 is 5.32 Å². The number of halogens is 1. The van der Waals surface area contributed by atoms with Crippen molar-refractivity contribution in [3.63, 3.8) is 0 Å². The molecule has 1 N–H and O–H groups in total. The largest absolute Gasteiger partial charge is 0.325 e. The molecule has 28 heavy (non-hydrogen) atoms. The maximum Gasteiger partial charge on any atom is 0.238 e. The number of rotatable bonds is 7. The van der Waals surface area contributed by atoms with E-state index in [0.717, 1.165) is 30.9 Å². The zero-order valence-electron chi connectivity index (χ0n) is 16.5. The van der Waals surface area contributed by atoms with Crippen molar-refractivity contribution in [3.05, 3.63) is 64.7 Å². The number of anilines is 1. The highest BCUT2D eigenvalue weighted by Gasteiger charge is 2.16. The molecule has 1 fully saturated rings. The highest BCUT2D eigenvalue weighted by Crippen LogP contribution is 2.22. The minimum absolute atomic E-state index is 0.0112. The van der Waals surface area contributed by atoms with Gasteiger partial charge >= 0.3 is 0 Å². The molecule has 150 valence electrons. The van der Waals surface area contributed by atoms with Crippen LogP contribution in [-0.2, 0) is 11.3 Å². The highest BCUT2D eigenvalue weighted by molar-refractivity contribution is 7.99. The van der Waals surface area contributed by atoms with Crippen LogP contribution in [0.25, 0.3) is 0 Å². The van der Waals surface area contributed by atoms with Gasteiger partial charge in [-0.3, -0.25) is 14.6 Å². The van der Waals surface area contributed by atoms with E-state index in [4.69, 9.17) is 11.6 Å². The van der Waals surface area contributed by atoms with E-state index in [1.807, 2.05) is 60.1 Å². The van der Waals surface area contributed by atoms with Crippen LogP contribution in [0.5, 0.6) is 0 Å². The SMILES string of the molecule is CC(c1cccc(Cl)c1)N(C)CC(=O)Nc1cccc(CN2CCSCC2)c1. The molecule has 6 heteroatoms. The molecule has 2 aromatic carbocycles. The summed E-state index contributed by atoms with van der Waals surface area (Å²) >= 11 is 8.11. The van der Waals surface area contributed by atoms with Crippen LogP contribution in [0.4, 0.5) is 5.69 Å². The van der Waals surface area contributed by atoms with Gasteiger partial charge in [0.15, 0.2) is 0 Å². The van der Waals surface area contributed by atoms with Gasteiger partial charge in [0.2, 0.25) is 5.91 Å². The standard InChI is InChI=1S/C22H28ClN3OS/c1-17(19-6-4-7-20(23)14-19)25(2)16-22(27)24-21-8-3-5-18(13-21)15-26-9-11-28-12-10-26/h3-8,13-14,17H,9-12,15-16H2,1-2H3,(H,24,27). The van der Waals surface area contributed by atoms with Crippen LogP contribution >= 0.6 is 23.4 Å². The fourth-order valence-electron chi connectivity index (χ4n) is 3.35. The van der Waals surface area contributed by atoms with Crippen molar-refractivity contribution in [3.8, 4) is 0 Å². The summed E-state index contributed by atoms with van der Waals surface area (Å²) in [5.74, 6) is 2.39. The minimum atomic E-state index is -0.0112. The summed E-state index contributed by atoms with van der Waals surface area (Å²) in [5.41, 5.74) is 3.20. The second-order valence-electron chi connectivity index (χ2n) is 7.28. The number of nitrogens with one attached hydrogen (secondary N) is 1. The molecule has 0 spiro atoms. The maximum atomic E-state index is 12.5. The number of benzene rings is 2. The monoisotopic (exact) mass is 417 g/mol. The van der Waals surface area contributed by atoms with Crippen LogP contribution < -0.4 is 5.32 Å². The Morgan fingerprint density at radius 3 is 2.71 bits per heavy atom. The molecule has 2 aromatic rings. The lowest BCUT2D eigenvalue weighted by Crippen LogP contribution is -2.32. The molecule has 0 aromatic heterocycles. The summed E-state index contributed by atoms with van der Waals surface area (Å²) in [5, 5.41) is 3.75. The number of carbonyl (C=O) groups is 1. The van der Waals surface area contributed by atoms with E-state index in [9.17, 15) is 4.79 Å². The van der Waals surface area contributed by atoms with Gasteiger partial charge in [0.1, 0.15) is 0 Å². The number of carbonyl (C=O) groups excluding carboxylic acids is 1. The minimum Gasteiger partial charge on any atom is -0.325 e. The van der Waals surface area contributed by atoms with Crippen molar-refractivity contribution < 1.29 is 4.79 Å². The van der Waals surface area contributed by atoms with Gasteiger partial charge in [-0.1, -0.05) is 35.9 Å². The smallest absolute Gasteiger partial charge is 0.238 e. The second-order valence-corrected chi connectivity index (χ2v) is 8.94. The van der Waals surface area contributed by atoms with Crippen LogP contribution in [0.15, 0.2) is 48.5 Å². The molecule has 1 heterocycles. The first kappa shape index (κ1) is 21.2. The van der Waals surface area contributed by atoms with E-state index in [1.165, 1.54) is 17.1 Å². The topological polar surface area (TPSA) is 35.6 Å². The predicted octanol–water partition coefficient (Wildman–Crippen LogP) is 4.52. The lowest BCUT2D eigenvalue weighted by atomic mass is 10.1. The predicted molar refractivity (Wildman–Crippen MR) is 120 cm³/mol. The van der Waals surface area contributed by atoms with Crippen LogP contribution in [0.2, 0.25) is 5.02 Å². The average Bonchev–Trinajstić information content (AvgIpc) is 2.68. The van der Waals surface area contributed by atoms with Crippen LogP contribution in [0.1, 0.15) is 24.1 Å². The number of likely N-dealkylation sites (N-methyl/N-ethyl adjacent to an activating group) is 1. The zero-order valence-corrected chi connectivity index (χ0v) is 18.1. The summed E-state index contributed by atoms with van der Waals surface area (Å²) in [4.78, 5) is 17.0. The van der Waals surface area contributed by atoms with Gasteiger partial charge in [-0.2, -0.15) is 11.8 Å². The molecule has 1 aliphatic rings. The molecule has 0 saturated carbocycles. The normalized spacial score (nSPS) is 16.1. The molecule has 1 atom stereocenters. The first-order valence-electron chi connectivity index (χ1n) is 9.66. The van der Waals surface area contributed by atoms with E-state index < -0.39 is 0 Å². The Hall–Kier alpha value is -1.53. The van der Waals surface area contributed by atoms with E-state index in [2.05, 4.69) is 29.3 Å². The zero-order chi connectivity index (χ0) is 19.9. The Balaban J connectivity index is 1.54. The fourth-order valence-corrected chi connectivity index (χ4v) is 4.53. The highest BCUT2D eigenvalue weighted by atomic mass is 35.5. The molecule has 1 saturated heterocycles. The third-order valence-corrected chi connectivity index (χ3v) is 6.28. The Morgan fingerprint density at radius 2 is 1.96 bits per heavy atom. The quantitative estimate of drug-likeness (QED) is 0.718. The van der Waals surface area contributed by atoms with Gasteiger partial charge in [0, 0.05) is 47.9 Å². The first-order chi connectivity index (χ1) is 13.5. The second kappa shape index (κ2) is 10.3. The number of hydrogen-bond acceptors (Lipinski definition) is 4. The molecule has 1 amide bonds. The molecule has 1 unspecified atom stereocenters. The lowest BCUT2D eigenvalue weighted by Gasteiger charge is -2.26. The number of amides is 1. The van der Waals surface area contributed by atoms with Gasteiger partial charge in [-0.15, -0.1) is 0 Å². The molecular formula is C22H28ClN3OS. The fraction of sp³-hybridized carbons (Fsp3) is 0.409. The first-order valence-corrected chi connectivity index (χ1v) is 11.2. The van der Waals surface area contributed by atoms with Crippen molar-refractivity contribution in [2.75, 3.05) is 43.5 Å². The van der Waals surface area contributed by atoms with Crippen LogP contribution in [0, 0.1) is 0 Å². The summed E-state index contributed by atoms with van der Waals surface area (Å²) < 4.78 is 0. The Morgan fingerprint density at radius 1 is 1.21 bits per heavy atom. The maximum absolute atomic E-state index is 12.5. The van der Waals surface area contributed by atoms with Crippen molar-refractivity contribution in [2.24, 2.45) is 0 Å². The van der Waals surface area contributed by atoms with Crippen LogP contribution in [0.3, 0.4) is 0 Å². The summed E-state index contributed by atoms with van der Waals surface area (Å²) in [6, 6.07) is 16.1. The van der Waals surface area contributed by atoms with Gasteiger partial charge in [-0.05, 0) is 49.4 Å². The van der Waals surface area contributed by atoms with E-state index in [-0.39, 0.29) is 11.9 Å². The molecule has 0 bridgehead atoms. The van der Waals surface area contributed by atoms with Gasteiger partial charge in [-0.25, -0.2) is 0 Å². The lowest BCUT2D eigenvalue weighted by molar-refractivity contribution is -0.117. The molecule has 4 nitrogen and oxygen atoms in total. The third kappa shape index (κ3) is 6.24. The van der Waals surface area contributed by atoms with Crippen molar-refractivity contribution in [2.45, 2.75) is 19.5 Å². The Kier molecular flexibility index (Phi) is 7.80. The molecule has 1 aliphatic heterocycles. The molecule has 3 rings (SSSR count). The van der Waals surface area contributed by atoms with E-state index in [1.54, 1.807) is 0 Å². The summed E-state index contributed by atoms with van der Waals surface area (Å²) in [7, 11) is 1.95. The Labute approximate surface area is 177 Å². The van der Waals surface area contributed by atoms with Crippen molar-refractivity contribution in [1.29, 1.82) is 0 Å². The van der Waals surface area contributed by atoms with E-state index >= 15 is 0 Å². The molecule has 0 radical (unpaired) electrons. The van der Waals surface area contributed by atoms with Crippen molar-refractivity contribution >= 4 is 35.0 Å². The number of nitrogens with zero attached hydrogens (tertiary/aromatic N) is 2.